The highest BCUT2D eigenvalue weighted by Gasteiger charge is 2.32. The molecule has 6 rings (SSSR count). The van der Waals surface area contributed by atoms with Crippen LogP contribution in [0.3, 0.4) is 0 Å². The van der Waals surface area contributed by atoms with Gasteiger partial charge < -0.3 is 9.30 Å². The van der Waals surface area contributed by atoms with Crippen molar-refractivity contribution in [2.75, 3.05) is 13.2 Å². The summed E-state index contributed by atoms with van der Waals surface area (Å²) < 4.78 is 39.8. The van der Waals surface area contributed by atoms with Crippen LogP contribution in [0.2, 0.25) is 5.02 Å². The van der Waals surface area contributed by atoms with Crippen LogP contribution < -0.4 is 0 Å². The number of aromatic nitrogens is 5. The van der Waals surface area contributed by atoms with E-state index in [1.54, 1.807) is 10.9 Å². The number of aryl methyl sites for hydroxylation is 2. The zero-order valence-corrected chi connectivity index (χ0v) is 20.6. The zero-order chi connectivity index (χ0) is 25.0. The molecule has 0 aliphatic carbocycles. The van der Waals surface area contributed by atoms with Crippen molar-refractivity contribution in [3.05, 3.63) is 76.6 Å². The molecule has 9 heteroatoms. The Labute approximate surface area is 211 Å². The van der Waals surface area contributed by atoms with E-state index < -0.39 is 16.7 Å². The molecule has 36 heavy (non-hydrogen) atoms. The maximum absolute atomic E-state index is 15.8. The van der Waals surface area contributed by atoms with E-state index in [4.69, 9.17) is 21.3 Å². The molecule has 0 N–H and O–H groups in total. The topological polar surface area (TPSA) is 57.8 Å². The molecular weight excluding hydrogens is 484 g/mol. The van der Waals surface area contributed by atoms with Crippen LogP contribution in [0.25, 0.3) is 33.2 Å². The lowest BCUT2D eigenvalue weighted by atomic mass is 9.86. The summed E-state index contributed by atoms with van der Waals surface area (Å²) in [4.78, 5) is 4.71. The number of hydrogen-bond acceptors (Lipinski definition) is 4. The summed E-state index contributed by atoms with van der Waals surface area (Å²) >= 11 is 6.12. The van der Waals surface area contributed by atoms with Crippen molar-refractivity contribution in [1.29, 1.82) is 0 Å². The Morgan fingerprint density at radius 2 is 1.86 bits per heavy atom. The van der Waals surface area contributed by atoms with E-state index in [9.17, 15) is 4.39 Å². The van der Waals surface area contributed by atoms with E-state index in [-0.39, 0.29) is 17.5 Å². The monoisotopic (exact) mass is 507 g/mol. The van der Waals surface area contributed by atoms with E-state index in [0.717, 1.165) is 35.4 Å². The van der Waals surface area contributed by atoms with Gasteiger partial charge in [0.15, 0.2) is 5.82 Å². The Morgan fingerprint density at radius 1 is 1.11 bits per heavy atom. The first-order valence-electron chi connectivity index (χ1n) is 11.9. The number of rotatable bonds is 4. The molecule has 0 radical (unpaired) electrons. The first kappa shape index (κ1) is 23.1. The second kappa shape index (κ2) is 8.94. The molecule has 0 amide bonds. The molecule has 6 nitrogen and oxygen atoms in total. The van der Waals surface area contributed by atoms with Crippen LogP contribution in [-0.2, 0) is 11.8 Å². The van der Waals surface area contributed by atoms with Gasteiger partial charge in [-0.3, -0.25) is 4.98 Å². The third-order valence-electron chi connectivity index (χ3n) is 7.16. The molecule has 2 aromatic carbocycles. The van der Waals surface area contributed by atoms with E-state index in [1.165, 1.54) is 6.07 Å². The van der Waals surface area contributed by atoms with E-state index in [2.05, 4.69) is 10.3 Å². The van der Waals surface area contributed by atoms with Crippen LogP contribution in [0.15, 0.2) is 48.7 Å². The second-order valence-corrected chi connectivity index (χ2v) is 9.67. The van der Waals surface area contributed by atoms with Crippen molar-refractivity contribution in [1.82, 2.24) is 24.5 Å². The molecule has 0 saturated carbocycles. The molecule has 1 saturated heterocycles. The minimum Gasteiger partial charge on any atom is -0.381 e. The average Bonchev–Trinajstić information content (AvgIpc) is 3.40. The fourth-order valence-corrected chi connectivity index (χ4v) is 5.70. The predicted octanol–water partition coefficient (Wildman–Crippen LogP) is 6.24. The average molecular weight is 508 g/mol. The minimum absolute atomic E-state index is 0.173. The van der Waals surface area contributed by atoms with E-state index in [1.807, 2.05) is 54.9 Å². The molecule has 3 aromatic heterocycles. The van der Waals surface area contributed by atoms with Gasteiger partial charge in [0.1, 0.15) is 10.8 Å². The fraction of sp³-hybridized carbons (Fsp3) is 0.296. The van der Waals surface area contributed by atoms with Crippen molar-refractivity contribution in [2.24, 2.45) is 13.0 Å². The molecule has 0 spiro atoms. The summed E-state index contributed by atoms with van der Waals surface area (Å²) in [5.41, 5.74) is 4.86. The maximum Gasteiger partial charge on any atom is 0.169 e. The molecule has 1 aliphatic heterocycles. The van der Waals surface area contributed by atoms with Crippen molar-refractivity contribution in [3.8, 4) is 11.3 Å². The van der Waals surface area contributed by atoms with Crippen molar-refractivity contribution >= 4 is 33.5 Å². The summed E-state index contributed by atoms with van der Waals surface area (Å²) in [5, 5.41) is 8.17. The maximum atomic E-state index is 15.8. The van der Waals surface area contributed by atoms with Crippen LogP contribution in [0.1, 0.15) is 30.1 Å². The molecule has 0 unspecified atom stereocenters. The number of pyridine rings is 1. The Kier molecular flexibility index (Phi) is 5.73. The number of fused-ring (bicyclic) bond motifs is 3. The normalized spacial score (nSPS) is 15.7. The highest BCUT2D eigenvalue weighted by Crippen LogP contribution is 2.43. The summed E-state index contributed by atoms with van der Waals surface area (Å²) in [6.07, 6.45) is 3.33. The molecule has 4 heterocycles. The van der Waals surface area contributed by atoms with Gasteiger partial charge in [-0.05, 0) is 43.4 Å². The quantitative estimate of drug-likeness (QED) is 0.270. The van der Waals surface area contributed by atoms with Gasteiger partial charge in [-0.15, -0.1) is 5.10 Å². The Balaban J connectivity index is 1.73. The number of hydrogen-bond donors (Lipinski definition) is 0. The smallest absolute Gasteiger partial charge is 0.169 e. The minimum atomic E-state index is -0.805. The van der Waals surface area contributed by atoms with Gasteiger partial charge in [0.2, 0.25) is 0 Å². The van der Waals surface area contributed by atoms with E-state index in [0.29, 0.717) is 29.6 Å². The van der Waals surface area contributed by atoms with E-state index >= 15 is 4.39 Å². The summed E-state index contributed by atoms with van der Waals surface area (Å²) in [6, 6.07) is 13.0. The number of halogens is 3. The molecular formula is C27H24ClF2N5O. The molecule has 1 aliphatic rings. The molecule has 1 atom stereocenters. The fourth-order valence-electron chi connectivity index (χ4n) is 5.55. The summed E-state index contributed by atoms with van der Waals surface area (Å²) in [7, 11) is 1.82. The van der Waals surface area contributed by atoms with Crippen molar-refractivity contribution in [2.45, 2.75) is 25.8 Å². The van der Waals surface area contributed by atoms with Gasteiger partial charge >= 0.3 is 0 Å². The first-order chi connectivity index (χ1) is 17.5. The highest BCUT2D eigenvalue weighted by molar-refractivity contribution is 6.32. The number of nitrogens with zero attached hydrogens (tertiary/aromatic N) is 5. The van der Waals surface area contributed by atoms with Crippen LogP contribution in [-0.4, -0.2) is 37.8 Å². The third kappa shape index (κ3) is 3.59. The number of benzene rings is 2. The van der Waals surface area contributed by atoms with Gasteiger partial charge in [0.05, 0.1) is 34.0 Å². The molecule has 5 aromatic rings. The number of ether oxygens (including phenoxy) is 1. The lowest BCUT2D eigenvalue weighted by Crippen LogP contribution is -2.27. The van der Waals surface area contributed by atoms with Crippen LogP contribution >= 0.6 is 11.6 Å². The highest BCUT2D eigenvalue weighted by atomic mass is 35.5. The van der Waals surface area contributed by atoms with Gasteiger partial charge in [0, 0.05) is 37.4 Å². The largest absolute Gasteiger partial charge is 0.381 e. The van der Waals surface area contributed by atoms with Crippen molar-refractivity contribution in [3.63, 3.8) is 0 Å². The van der Waals surface area contributed by atoms with Crippen molar-refractivity contribution < 1.29 is 13.5 Å². The van der Waals surface area contributed by atoms with Crippen LogP contribution in [0.4, 0.5) is 8.78 Å². The Hall–Kier alpha value is -3.36. The molecule has 0 bridgehead atoms. The Bertz CT molecular complexity index is 1570. The van der Waals surface area contributed by atoms with Gasteiger partial charge in [-0.2, -0.15) is 0 Å². The van der Waals surface area contributed by atoms with Crippen LogP contribution in [0.5, 0.6) is 0 Å². The first-order valence-corrected chi connectivity index (χ1v) is 12.3. The Morgan fingerprint density at radius 3 is 2.56 bits per heavy atom. The molecule has 184 valence electrons. The van der Waals surface area contributed by atoms with Gasteiger partial charge in [0.25, 0.3) is 0 Å². The summed E-state index contributed by atoms with van der Waals surface area (Å²) in [6.45, 7) is 3.14. The second-order valence-electron chi connectivity index (χ2n) is 9.30. The lowest BCUT2D eigenvalue weighted by molar-refractivity contribution is 0.0552. The van der Waals surface area contributed by atoms with Crippen LogP contribution in [0, 0.1) is 24.5 Å². The zero-order valence-electron chi connectivity index (χ0n) is 19.9. The third-order valence-corrected chi connectivity index (χ3v) is 7.51. The molecule has 1 fully saturated rings. The predicted molar refractivity (Wildman–Crippen MR) is 135 cm³/mol. The SMILES string of the molecule is Cc1nnn(C)c1-c1cnc2c3cc(F)c(Cl)c(F)c3n([C@H](c3ccccc3)C3CCOCC3)c2c1. The lowest BCUT2D eigenvalue weighted by Gasteiger charge is -2.33. The standard InChI is InChI=1S/C27H24ClF2N5O/c1-15-25(34(2)33-32-15)18-12-21-24(31-14-18)19-13-20(29)22(28)23(30)27(19)35(21)26(16-6-4-3-5-7-16)17-8-10-36-11-9-17/h3-7,12-14,17,26H,8-11H2,1-2H3/t26-/m1/s1. The van der Waals surface area contributed by atoms with Gasteiger partial charge in [-0.25, -0.2) is 13.5 Å². The van der Waals surface area contributed by atoms with Gasteiger partial charge in [-0.1, -0.05) is 47.1 Å². The summed E-state index contributed by atoms with van der Waals surface area (Å²) in [5.74, 6) is -1.41.